The smallest absolute Gasteiger partial charge is 0.165 e. The maximum absolute atomic E-state index is 13.7. The lowest BCUT2D eigenvalue weighted by Crippen LogP contribution is -2.15. The van der Waals surface area contributed by atoms with E-state index >= 15 is 0 Å². The van der Waals surface area contributed by atoms with Crippen molar-refractivity contribution in [2.45, 2.75) is 25.8 Å². The van der Waals surface area contributed by atoms with Crippen LogP contribution in [0.3, 0.4) is 0 Å². The van der Waals surface area contributed by atoms with Gasteiger partial charge < -0.3 is 10.1 Å². The molecule has 0 bridgehead atoms. The van der Waals surface area contributed by atoms with E-state index in [1.54, 1.807) is 6.07 Å². The molecule has 2 rings (SSSR count). The Kier molecular flexibility index (Phi) is 3.83. The molecule has 0 spiro atoms. The van der Waals surface area contributed by atoms with E-state index in [1.807, 2.05) is 13.1 Å². The van der Waals surface area contributed by atoms with Crippen LogP contribution in [0.15, 0.2) is 18.2 Å². The SMILES string of the molecule is CNCc1cccc(F)c1OCC1(CC#N)CC1. The zero-order valence-corrected chi connectivity index (χ0v) is 10.5. The Bertz CT molecular complexity index is 463. The fourth-order valence-electron chi connectivity index (χ4n) is 1.99. The molecule has 1 aliphatic carbocycles. The van der Waals surface area contributed by atoms with Crippen LogP contribution in [0.25, 0.3) is 0 Å². The largest absolute Gasteiger partial charge is 0.490 e. The van der Waals surface area contributed by atoms with Crippen molar-refractivity contribution in [3.05, 3.63) is 29.6 Å². The number of nitrogens with one attached hydrogen (secondary N) is 1. The second-order valence-corrected chi connectivity index (χ2v) is 4.88. The third kappa shape index (κ3) is 2.80. The highest BCUT2D eigenvalue weighted by Gasteiger charge is 2.43. The van der Waals surface area contributed by atoms with Crippen LogP contribution >= 0.6 is 0 Å². The molecule has 0 aromatic heterocycles. The van der Waals surface area contributed by atoms with Crippen molar-refractivity contribution in [1.29, 1.82) is 5.26 Å². The fraction of sp³-hybridized carbons (Fsp3) is 0.500. The summed E-state index contributed by atoms with van der Waals surface area (Å²) in [5.74, 6) is -0.0217. The molecule has 0 unspecified atom stereocenters. The average Bonchev–Trinajstić information content (AvgIpc) is 3.10. The molecule has 0 saturated heterocycles. The van der Waals surface area contributed by atoms with Crippen molar-refractivity contribution in [2.75, 3.05) is 13.7 Å². The molecule has 3 nitrogen and oxygen atoms in total. The van der Waals surface area contributed by atoms with Gasteiger partial charge in [0.1, 0.15) is 0 Å². The van der Waals surface area contributed by atoms with Gasteiger partial charge in [-0.15, -0.1) is 0 Å². The highest BCUT2D eigenvalue weighted by atomic mass is 19.1. The van der Waals surface area contributed by atoms with Gasteiger partial charge in [0.15, 0.2) is 11.6 Å². The minimum absolute atomic E-state index is 0.0338. The Morgan fingerprint density at radius 2 is 2.28 bits per heavy atom. The molecule has 18 heavy (non-hydrogen) atoms. The molecule has 1 saturated carbocycles. The Morgan fingerprint density at radius 3 is 2.89 bits per heavy atom. The van der Waals surface area contributed by atoms with Crippen molar-refractivity contribution in [3.8, 4) is 11.8 Å². The average molecular weight is 248 g/mol. The highest BCUT2D eigenvalue weighted by Crippen LogP contribution is 2.48. The summed E-state index contributed by atoms with van der Waals surface area (Å²) in [5, 5.41) is 11.7. The minimum Gasteiger partial charge on any atom is -0.490 e. The first-order valence-electron chi connectivity index (χ1n) is 6.12. The number of nitriles is 1. The van der Waals surface area contributed by atoms with Crippen molar-refractivity contribution in [1.82, 2.24) is 5.32 Å². The van der Waals surface area contributed by atoms with Crippen LogP contribution in [-0.4, -0.2) is 13.7 Å². The summed E-state index contributed by atoms with van der Waals surface area (Å²) >= 11 is 0. The summed E-state index contributed by atoms with van der Waals surface area (Å²) in [6.45, 7) is 0.997. The minimum atomic E-state index is -0.337. The van der Waals surface area contributed by atoms with Crippen LogP contribution in [0.4, 0.5) is 4.39 Å². The first kappa shape index (κ1) is 12.8. The van der Waals surface area contributed by atoms with Crippen LogP contribution in [-0.2, 0) is 6.54 Å². The van der Waals surface area contributed by atoms with Crippen molar-refractivity contribution in [3.63, 3.8) is 0 Å². The van der Waals surface area contributed by atoms with Gasteiger partial charge in [0.25, 0.3) is 0 Å². The molecule has 0 radical (unpaired) electrons. The zero-order valence-electron chi connectivity index (χ0n) is 10.5. The monoisotopic (exact) mass is 248 g/mol. The molecule has 1 aromatic carbocycles. The van der Waals surface area contributed by atoms with E-state index in [4.69, 9.17) is 10.00 Å². The number of rotatable bonds is 6. The van der Waals surface area contributed by atoms with E-state index in [2.05, 4.69) is 11.4 Å². The molecule has 1 fully saturated rings. The van der Waals surface area contributed by atoms with Crippen molar-refractivity contribution in [2.24, 2.45) is 5.41 Å². The molecule has 1 aliphatic rings. The summed E-state index contributed by atoms with van der Waals surface area (Å²) in [6.07, 6.45) is 2.48. The predicted octanol–water partition coefficient (Wildman–Crippen LogP) is 2.62. The van der Waals surface area contributed by atoms with Gasteiger partial charge in [0.2, 0.25) is 0 Å². The van der Waals surface area contributed by atoms with E-state index in [-0.39, 0.29) is 11.2 Å². The topological polar surface area (TPSA) is 45.0 Å². The number of benzene rings is 1. The summed E-state index contributed by atoms with van der Waals surface area (Å²) in [6, 6.07) is 7.10. The van der Waals surface area contributed by atoms with E-state index < -0.39 is 0 Å². The Morgan fingerprint density at radius 1 is 1.50 bits per heavy atom. The van der Waals surface area contributed by atoms with E-state index in [0.717, 1.165) is 18.4 Å². The van der Waals surface area contributed by atoms with Gasteiger partial charge in [0, 0.05) is 23.9 Å². The maximum Gasteiger partial charge on any atom is 0.165 e. The molecule has 96 valence electrons. The van der Waals surface area contributed by atoms with Gasteiger partial charge in [-0.25, -0.2) is 4.39 Å². The van der Waals surface area contributed by atoms with Gasteiger partial charge in [-0.2, -0.15) is 5.26 Å². The van der Waals surface area contributed by atoms with Gasteiger partial charge in [0.05, 0.1) is 12.7 Å². The third-order valence-corrected chi connectivity index (χ3v) is 3.35. The van der Waals surface area contributed by atoms with E-state index in [0.29, 0.717) is 25.3 Å². The highest BCUT2D eigenvalue weighted by molar-refractivity contribution is 5.35. The molecule has 0 heterocycles. The van der Waals surface area contributed by atoms with Crippen LogP contribution in [0.5, 0.6) is 5.75 Å². The molecular weight excluding hydrogens is 231 g/mol. The first-order chi connectivity index (χ1) is 8.71. The Labute approximate surface area is 107 Å². The molecule has 1 aromatic rings. The molecule has 0 amide bonds. The molecule has 0 aliphatic heterocycles. The van der Waals surface area contributed by atoms with Crippen LogP contribution in [0, 0.1) is 22.6 Å². The summed E-state index contributed by atoms with van der Waals surface area (Å²) < 4.78 is 19.4. The van der Waals surface area contributed by atoms with Gasteiger partial charge in [-0.1, -0.05) is 12.1 Å². The number of ether oxygens (including phenoxy) is 1. The summed E-state index contributed by atoms with van der Waals surface area (Å²) in [5.41, 5.74) is 0.777. The van der Waals surface area contributed by atoms with E-state index in [9.17, 15) is 4.39 Å². The first-order valence-corrected chi connectivity index (χ1v) is 6.12. The number of para-hydroxylation sites is 1. The summed E-state index contributed by atoms with van der Waals surface area (Å²) in [7, 11) is 1.81. The number of hydrogen-bond donors (Lipinski definition) is 1. The second kappa shape index (κ2) is 5.36. The standard InChI is InChI=1S/C14H17FN2O/c1-17-9-11-3-2-4-12(15)13(11)18-10-14(5-6-14)7-8-16/h2-4,17H,5-7,9-10H2,1H3. The molecule has 1 N–H and O–H groups in total. The van der Waals surface area contributed by atoms with Gasteiger partial charge in [-0.3, -0.25) is 0 Å². The quantitative estimate of drug-likeness (QED) is 0.841. The zero-order chi connectivity index (χ0) is 13.0. The normalized spacial score (nSPS) is 16.1. The number of hydrogen-bond acceptors (Lipinski definition) is 3. The van der Waals surface area contributed by atoms with Crippen molar-refractivity contribution < 1.29 is 9.13 Å². The maximum atomic E-state index is 13.7. The van der Waals surface area contributed by atoms with Gasteiger partial charge in [-0.05, 0) is 26.0 Å². The van der Waals surface area contributed by atoms with Crippen molar-refractivity contribution >= 4 is 0 Å². The third-order valence-electron chi connectivity index (χ3n) is 3.35. The lowest BCUT2D eigenvalue weighted by molar-refractivity contribution is 0.225. The second-order valence-electron chi connectivity index (χ2n) is 4.88. The number of nitrogens with zero attached hydrogens (tertiary/aromatic N) is 1. The fourth-order valence-corrected chi connectivity index (χ4v) is 1.99. The Hall–Kier alpha value is -1.60. The summed E-state index contributed by atoms with van der Waals surface area (Å²) in [4.78, 5) is 0. The molecular formula is C14H17FN2O. The van der Waals surface area contributed by atoms with Crippen LogP contribution in [0.2, 0.25) is 0 Å². The van der Waals surface area contributed by atoms with Crippen LogP contribution in [0.1, 0.15) is 24.8 Å². The lowest BCUT2D eigenvalue weighted by Gasteiger charge is -2.16. The Balaban J connectivity index is 2.07. The predicted molar refractivity (Wildman–Crippen MR) is 66.6 cm³/mol. The van der Waals surface area contributed by atoms with Gasteiger partial charge >= 0.3 is 0 Å². The molecule has 0 atom stereocenters. The van der Waals surface area contributed by atoms with E-state index in [1.165, 1.54) is 6.07 Å². The van der Waals surface area contributed by atoms with Crippen LogP contribution < -0.4 is 10.1 Å². The molecule has 4 heteroatoms. The lowest BCUT2D eigenvalue weighted by atomic mass is 10.1. The number of halogens is 1.